The second-order valence-electron chi connectivity index (χ2n) is 11.5. The largest absolute Gasteiger partial charge is 0.354 e. The summed E-state index contributed by atoms with van der Waals surface area (Å²) < 4.78 is 30.6. The first-order valence-electron chi connectivity index (χ1n) is 15.5. The van der Waals surface area contributed by atoms with Crippen molar-refractivity contribution in [3.05, 3.63) is 129 Å². The highest BCUT2D eigenvalue weighted by Crippen LogP contribution is 2.29. The van der Waals surface area contributed by atoms with E-state index in [-0.39, 0.29) is 23.8 Å². The van der Waals surface area contributed by atoms with Crippen molar-refractivity contribution in [3.8, 4) is 0 Å². The second kappa shape index (κ2) is 16.1. The van der Waals surface area contributed by atoms with Gasteiger partial charge in [-0.2, -0.15) is 0 Å². The lowest BCUT2D eigenvalue weighted by Gasteiger charge is -2.34. The predicted molar refractivity (Wildman–Crippen MR) is 188 cm³/mol. The number of aryl methyl sites for hydroxylation is 2. The number of benzene rings is 4. The highest BCUT2D eigenvalue weighted by Gasteiger charge is 2.35. The predicted octanol–water partition coefficient (Wildman–Crippen LogP) is 7.13. The Kier molecular flexibility index (Phi) is 12.2. The minimum atomic E-state index is -4.16. The Bertz CT molecular complexity index is 1740. The minimum absolute atomic E-state index is 0.0866. The van der Waals surface area contributed by atoms with Crippen LogP contribution in [0.4, 0.5) is 5.69 Å². The Hall–Kier alpha value is -3.95. The Balaban J connectivity index is 1.82. The maximum absolute atomic E-state index is 14.6. The normalized spacial score (nSPS) is 11.9. The van der Waals surface area contributed by atoms with E-state index in [1.54, 1.807) is 36.4 Å². The fourth-order valence-corrected chi connectivity index (χ4v) is 7.17. The average Bonchev–Trinajstić information content (AvgIpc) is 3.03. The lowest BCUT2D eigenvalue weighted by atomic mass is 10.0. The van der Waals surface area contributed by atoms with Crippen molar-refractivity contribution in [1.29, 1.82) is 0 Å². The molecule has 1 atom stereocenters. The first kappa shape index (κ1) is 34.9. The number of carbonyl (C=O) groups excluding carboxylic acids is 2. The molecule has 4 aromatic rings. The van der Waals surface area contributed by atoms with Gasteiger partial charge in [-0.15, -0.1) is 0 Å². The number of hydrogen-bond donors (Lipinski definition) is 1. The van der Waals surface area contributed by atoms with Crippen LogP contribution in [0.1, 0.15) is 47.6 Å². The monoisotopic (exact) mass is 703 g/mol. The van der Waals surface area contributed by atoms with Gasteiger partial charge in [0, 0.05) is 24.0 Å². The molecule has 242 valence electrons. The molecule has 0 spiro atoms. The fourth-order valence-electron chi connectivity index (χ4n) is 5.25. The molecule has 0 aliphatic rings. The molecule has 46 heavy (non-hydrogen) atoms. The molecule has 7 nitrogen and oxygen atoms in total. The van der Waals surface area contributed by atoms with E-state index < -0.39 is 28.5 Å². The zero-order valence-electron chi connectivity index (χ0n) is 26.9. The van der Waals surface area contributed by atoms with Crippen LogP contribution in [0.25, 0.3) is 0 Å². The van der Waals surface area contributed by atoms with Crippen LogP contribution in [0.2, 0.25) is 0 Å². The van der Waals surface area contributed by atoms with Gasteiger partial charge in [0.15, 0.2) is 0 Å². The zero-order chi connectivity index (χ0) is 33.3. The van der Waals surface area contributed by atoms with Crippen molar-refractivity contribution in [2.45, 2.75) is 64.4 Å². The van der Waals surface area contributed by atoms with Crippen molar-refractivity contribution in [3.63, 3.8) is 0 Å². The maximum Gasteiger partial charge on any atom is 0.264 e. The topological polar surface area (TPSA) is 86.8 Å². The summed E-state index contributed by atoms with van der Waals surface area (Å²) in [6, 6.07) is 28.3. The van der Waals surface area contributed by atoms with E-state index in [9.17, 15) is 18.0 Å². The number of sulfonamides is 1. The SMILES string of the molecule is CCCCNC(=O)[C@H](Cc1ccccc1)N(Cc1cccc(Br)c1)C(=O)CN(c1cccc(C)c1C)S(=O)(=O)c1ccc(C)cc1. The molecule has 0 heterocycles. The molecular formula is C37H42BrN3O4S. The first-order chi connectivity index (χ1) is 22.0. The van der Waals surface area contributed by atoms with Crippen LogP contribution in [0.3, 0.4) is 0 Å². The number of halogens is 1. The lowest BCUT2D eigenvalue weighted by molar-refractivity contribution is -0.140. The van der Waals surface area contributed by atoms with Crippen LogP contribution < -0.4 is 9.62 Å². The van der Waals surface area contributed by atoms with Gasteiger partial charge < -0.3 is 10.2 Å². The molecule has 9 heteroatoms. The standard InChI is InChI=1S/C37H42BrN3O4S/c1-5-6-22-39-37(43)35(24-30-13-8-7-9-14-30)40(25-31-15-11-16-32(38)23-31)36(42)26-41(34-17-10-12-28(3)29(34)4)46(44,45)33-20-18-27(2)19-21-33/h7-21,23,35H,5-6,22,24-26H2,1-4H3,(H,39,43)/t35-/m0/s1. The fraction of sp³-hybridized carbons (Fsp3) is 0.297. The van der Waals surface area contributed by atoms with Crippen molar-refractivity contribution in [1.82, 2.24) is 10.2 Å². The number of carbonyl (C=O) groups is 2. The third-order valence-corrected chi connectivity index (χ3v) is 10.3. The molecule has 0 aromatic heterocycles. The molecule has 0 unspecified atom stereocenters. The van der Waals surface area contributed by atoms with Crippen molar-refractivity contribution >= 4 is 43.5 Å². The molecule has 1 N–H and O–H groups in total. The number of rotatable bonds is 14. The van der Waals surface area contributed by atoms with E-state index in [2.05, 4.69) is 21.2 Å². The quantitative estimate of drug-likeness (QED) is 0.142. The van der Waals surface area contributed by atoms with E-state index in [1.807, 2.05) is 88.4 Å². The van der Waals surface area contributed by atoms with Crippen LogP contribution in [0, 0.1) is 20.8 Å². The molecule has 2 amide bonds. The van der Waals surface area contributed by atoms with Gasteiger partial charge in [-0.3, -0.25) is 13.9 Å². The molecule has 0 saturated carbocycles. The van der Waals surface area contributed by atoms with Gasteiger partial charge in [-0.05, 0) is 79.8 Å². The van der Waals surface area contributed by atoms with Gasteiger partial charge in [-0.25, -0.2) is 8.42 Å². The second-order valence-corrected chi connectivity index (χ2v) is 14.3. The Morgan fingerprint density at radius 1 is 0.848 bits per heavy atom. The summed E-state index contributed by atoms with van der Waals surface area (Å²) in [7, 11) is -4.16. The molecule has 4 aromatic carbocycles. The Labute approximate surface area is 281 Å². The molecule has 0 bridgehead atoms. The summed E-state index contributed by atoms with van der Waals surface area (Å²) in [5.74, 6) is -0.761. The Morgan fingerprint density at radius 3 is 2.20 bits per heavy atom. The minimum Gasteiger partial charge on any atom is -0.354 e. The number of hydrogen-bond acceptors (Lipinski definition) is 4. The third-order valence-electron chi connectivity index (χ3n) is 8.08. The average molecular weight is 705 g/mol. The summed E-state index contributed by atoms with van der Waals surface area (Å²) >= 11 is 3.52. The first-order valence-corrected chi connectivity index (χ1v) is 17.8. The molecule has 0 fully saturated rings. The highest BCUT2D eigenvalue weighted by molar-refractivity contribution is 9.10. The van der Waals surface area contributed by atoms with Gasteiger partial charge in [-0.1, -0.05) is 102 Å². The molecule has 0 aliphatic carbocycles. The van der Waals surface area contributed by atoms with Crippen LogP contribution in [-0.2, 0) is 32.6 Å². The van der Waals surface area contributed by atoms with E-state index in [4.69, 9.17) is 0 Å². The van der Waals surface area contributed by atoms with Crippen LogP contribution >= 0.6 is 15.9 Å². The van der Waals surface area contributed by atoms with Crippen LogP contribution in [0.15, 0.2) is 106 Å². The summed E-state index contributed by atoms with van der Waals surface area (Å²) in [5.41, 5.74) is 4.69. The number of nitrogens with zero attached hydrogens (tertiary/aromatic N) is 2. The maximum atomic E-state index is 14.6. The van der Waals surface area contributed by atoms with Gasteiger partial charge in [0.05, 0.1) is 10.6 Å². The number of anilines is 1. The van der Waals surface area contributed by atoms with E-state index >= 15 is 0 Å². The molecule has 0 saturated heterocycles. The van der Waals surface area contributed by atoms with Crippen molar-refractivity contribution in [2.24, 2.45) is 0 Å². The summed E-state index contributed by atoms with van der Waals surface area (Å²) in [6.07, 6.45) is 1.98. The summed E-state index contributed by atoms with van der Waals surface area (Å²) in [4.78, 5) is 30.1. The molecule has 0 radical (unpaired) electrons. The number of amides is 2. The van der Waals surface area contributed by atoms with E-state index in [0.717, 1.165) is 45.1 Å². The lowest BCUT2D eigenvalue weighted by Crippen LogP contribution is -2.53. The number of unbranched alkanes of at least 4 members (excludes halogenated alkanes) is 1. The van der Waals surface area contributed by atoms with Gasteiger partial charge in [0.1, 0.15) is 12.6 Å². The molecule has 0 aliphatic heterocycles. The molecule has 4 rings (SSSR count). The van der Waals surface area contributed by atoms with Gasteiger partial charge >= 0.3 is 0 Å². The number of nitrogens with one attached hydrogen (secondary N) is 1. The third kappa shape index (κ3) is 8.85. The van der Waals surface area contributed by atoms with Crippen molar-refractivity contribution in [2.75, 3.05) is 17.4 Å². The van der Waals surface area contributed by atoms with Crippen molar-refractivity contribution < 1.29 is 18.0 Å². The van der Waals surface area contributed by atoms with E-state index in [0.29, 0.717) is 12.2 Å². The van der Waals surface area contributed by atoms with E-state index in [1.165, 1.54) is 9.21 Å². The Morgan fingerprint density at radius 2 is 1.52 bits per heavy atom. The van der Waals surface area contributed by atoms with Crippen LogP contribution in [-0.4, -0.2) is 44.3 Å². The highest BCUT2D eigenvalue weighted by atomic mass is 79.9. The summed E-state index contributed by atoms with van der Waals surface area (Å²) in [6.45, 7) is 7.81. The zero-order valence-corrected chi connectivity index (χ0v) is 29.3. The smallest absolute Gasteiger partial charge is 0.264 e. The van der Waals surface area contributed by atoms with Crippen LogP contribution in [0.5, 0.6) is 0 Å². The van der Waals surface area contributed by atoms with Gasteiger partial charge in [0.25, 0.3) is 10.0 Å². The van der Waals surface area contributed by atoms with Gasteiger partial charge in [0.2, 0.25) is 11.8 Å². The summed E-state index contributed by atoms with van der Waals surface area (Å²) in [5, 5.41) is 3.03. The molecular weight excluding hydrogens is 662 g/mol.